The molecule has 3 rings (SSSR count). The lowest BCUT2D eigenvalue weighted by Crippen LogP contribution is -2.40. The van der Waals surface area contributed by atoms with Gasteiger partial charge in [0.1, 0.15) is 0 Å². The highest BCUT2D eigenvalue weighted by Crippen LogP contribution is 2.31. The molecular formula is C20H19N3O5. The van der Waals surface area contributed by atoms with Crippen LogP contribution in [0.5, 0.6) is 0 Å². The van der Waals surface area contributed by atoms with Crippen LogP contribution in [0, 0.1) is 0 Å². The lowest BCUT2D eigenvalue weighted by atomic mass is 10.1. The summed E-state index contributed by atoms with van der Waals surface area (Å²) in [4.78, 5) is 27.8. The Hall–Kier alpha value is -3.35. The summed E-state index contributed by atoms with van der Waals surface area (Å²) in [6, 6.07) is 16.8. The number of azide groups is 1. The molecule has 0 aliphatic carbocycles. The number of carbonyl (C=O) groups excluding carboxylic acids is 2. The Kier molecular flexibility index (Phi) is 6.26. The first-order valence-corrected chi connectivity index (χ1v) is 8.85. The van der Waals surface area contributed by atoms with Crippen LogP contribution in [-0.4, -0.2) is 36.5 Å². The number of nitrogens with zero attached hydrogens (tertiary/aromatic N) is 3. The van der Waals surface area contributed by atoms with Gasteiger partial charge in [-0.3, -0.25) is 0 Å². The summed E-state index contributed by atoms with van der Waals surface area (Å²) in [6.45, 7) is 1.84. The molecule has 0 aromatic heterocycles. The second-order valence-electron chi connectivity index (χ2n) is 6.15. The molecule has 1 aliphatic heterocycles. The van der Waals surface area contributed by atoms with E-state index in [1.807, 2.05) is 6.92 Å². The SMILES string of the molecule is CCC1OC(N=[N+]=[N-])C(OC(=O)c2ccccc2)C1OC(=O)c1ccccc1. The first-order valence-electron chi connectivity index (χ1n) is 8.85. The number of rotatable bonds is 6. The molecule has 2 aromatic rings. The van der Waals surface area contributed by atoms with Gasteiger partial charge >= 0.3 is 11.9 Å². The largest absolute Gasteiger partial charge is 0.452 e. The predicted octanol–water partition coefficient (Wildman–Crippen LogP) is 3.88. The first-order chi connectivity index (χ1) is 13.6. The number of hydrogen-bond donors (Lipinski definition) is 0. The van der Waals surface area contributed by atoms with Crippen molar-refractivity contribution in [2.75, 3.05) is 0 Å². The molecule has 4 atom stereocenters. The maximum absolute atomic E-state index is 12.5. The minimum atomic E-state index is -1.09. The molecule has 144 valence electrons. The minimum Gasteiger partial charge on any atom is -0.452 e. The fourth-order valence-electron chi connectivity index (χ4n) is 2.98. The molecule has 0 N–H and O–H groups in total. The predicted molar refractivity (Wildman–Crippen MR) is 99.4 cm³/mol. The molecule has 2 aromatic carbocycles. The zero-order valence-electron chi connectivity index (χ0n) is 15.2. The van der Waals surface area contributed by atoms with E-state index < -0.39 is 36.5 Å². The average Bonchev–Trinajstić information content (AvgIpc) is 3.05. The molecule has 8 nitrogen and oxygen atoms in total. The van der Waals surface area contributed by atoms with Gasteiger partial charge in [-0.2, -0.15) is 0 Å². The summed E-state index contributed by atoms with van der Waals surface area (Å²) in [5.74, 6) is -1.19. The van der Waals surface area contributed by atoms with E-state index in [1.54, 1.807) is 60.7 Å². The maximum Gasteiger partial charge on any atom is 0.338 e. The van der Waals surface area contributed by atoms with E-state index in [4.69, 9.17) is 19.7 Å². The van der Waals surface area contributed by atoms with Gasteiger partial charge in [0.15, 0.2) is 18.4 Å². The lowest BCUT2D eigenvalue weighted by Gasteiger charge is -2.23. The van der Waals surface area contributed by atoms with Crippen LogP contribution < -0.4 is 0 Å². The van der Waals surface area contributed by atoms with Crippen LogP contribution in [-0.2, 0) is 14.2 Å². The van der Waals surface area contributed by atoms with Crippen LogP contribution in [0.2, 0.25) is 0 Å². The van der Waals surface area contributed by atoms with Crippen LogP contribution >= 0.6 is 0 Å². The van der Waals surface area contributed by atoms with Crippen molar-refractivity contribution in [1.82, 2.24) is 0 Å². The molecule has 0 spiro atoms. The number of ether oxygens (including phenoxy) is 3. The van der Waals surface area contributed by atoms with E-state index in [-0.39, 0.29) is 0 Å². The highest BCUT2D eigenvalue weighted by atomic mass is 16.6. The van der Waals surface area contributed by atoms with Gasteiger partial charge in [-0.15, -0.1) is 0 Å². The van der Waals surface area contributed by atoms with Crippen molar-refractivity contribution in [2.45, 2.75) is 37.9 Å². The quantitative estimate of drug-likeness (QED) is 0.326. The summed E-state index contributed by atoms with van der Waals surface area (Å²) in [6.07, 6.45) is -3.14. The third-order valence-corrected chi connectivity index (χ3v) is 4.36. The Morgan fingerprint density at radius 1 is 0.964 bits per heavy atom. The zero-order valence-corrected chi connectivity index (χ0v) is 15.2. The Bertz CT molecular complexity index is 868. The van der Waals surface area contributed by atoms with Gasteiger partial charge in [0.2, 0.25) is 0 Å². The van der Waals surface area contributed by atoms with Crippen LogP contribution in [0.3, 0.4) is 0 Å². The van der Waals surface area contributed by atoms with E-state index in [2.05, 4.69) is 10.0 Å². The molecule has 4 unspecified atom stereocenters. The molecule has 0 amide bonds. The Morgan fingerprint density at radius 2 is 1.46 bits per heavy atom. The van der Waals surface area contributed by atoms with Gasteiger partial charge in [0, 0.05) is 4.91 Å². The van der Waals surface area contributed by atoms with Crippen LogP contribution in [0.15, 0.2) is 65.8 Å². The van der Waals surface area contributed by atoms with Crippen molar-refractivity contribution >= 4 is 11.9 Å². The third kappa shape index (κ3) is 4.31. The lowest BCUT2D eigenvalue weighted by molar-refractivity contribution is -0.0312. The van der Waals surface area contributed by atoms with E-state index in [9.17, 15) is 9.59 Å². The summed E-state index contributed by atoms with van der Waals surface area (Å²) < 4.78 is 16.8. The Balaban J connectivity index is 1.84. The number of hydrogen-bond acceptors (Lipinski definition) is 6. The topological polar surface area (TPSA) is 111 Å². The molecule has 1 heterocycles. The van der Waals surface area contributed by atoms with E-state index in [0.29, 0.717) is 17.5 Å². The van der Waals surface area contributed by atoms with Gasteiger partial charge in [-0.05, 0) is 36.2 Å². The van der Waals surface area contributed by atoms with Crippen molar-refractivity contribution in [2.24, 2.45) is 5.11 Å². The first kappa shape index (κ1) is 19.4. The molecule has 28 heavy (non-hydrogen) atoms. The van der Waals surface area contributed by atoms with Crippen molar-refractivity contribution in [1.29, 1.82) is 0 Å². The van der Waals surface area contributed by atoms with Crippen LogP contribution in [0.4, 0.5) is 0 Å². The van der Waals surface area contributed by atoms with Crippen molar-refractivity contribution in [3.63, 3.8) is 0 Å². The monoisotopic (exact) mass is 381 g/mol. The molecule has 1 fully saturated rings. The highest BCUT2D eigenvalue weighted by Gasteiger charge is 2.48. The Morgan fingerprint density at radius 3 is 1.93 bits per heavy atom. The number of esters is 2. The van der Waals surface area contributed by atoms with E-state index >= 15 is 0 Å². The second kappa shape index (κ2) is 9.03. The Labute approximate surface area is 161 Å². The zero-order chi connectivity index (χ0) is 19.9. The average molecular weight is 381 g/mol. The van der Waals surface area contributed by atoms with Crippen LogP contribution in [0.25, 0.3) is 10.4 Å². The van der Waals surface area contributed by atoms with Crippen molar-refractivity contribution < 1.29 is 23.8 Å². The maximum atomic E-state index is 12.5. The fourth-order valence-corrected chi connectivity index (χ4v) is 2.98. The van der Waals surface area contributed by atoms with E-state index in [1.165, 1.54) is 0 Å². The minimum absolute atomic E-state index is 0.329. The van der Waals surface area contributed by atoms with Gasteiger partial charge in [0.05, 0.1) is 17.2 Å². The van der Waals surface area contributed by atoms with Gasteiger partial charge < -0.3 is 14.2 Å². The molecule has 1 saturated heterocycles. The summed E-state index contributed by atoms with van der Waals surface area (Å²) in [5, 5.41) is 3.57. The fraction of sp³-hybridized carbons (Fsp3) is 0.300. The third-order valence-electron chi connectivity index (χ3n) is 4.36. The molecule has 1 aliphatic rings. The molecular weight excluding hydrogens is 362 g/mol. The summed E-state index contributed by atoms with van der Waals surface area (Å²) in [7, 11) is 0. The summed E-state index contributed by atoms with van der Waals surface area (Å²) in [5.41, 5.74) is 9.52. The van der Waals surface area contributed by atoms with Gasteiger partial charge in [-0.25, -0.2) is 9.59 Å². The highest BCUT2D eigenvalue weighted by molar-refractivity contribution is 5.90. The standard InChI is InChI=1S/C20H19N3O5/c1-2-15-16(27-19(24)13-9-5-3-6-10-13)17(18(26-15)22-23-21)28-20(25)14-11-7-4-8-12-14/h3-12,15-18H,2H2,1H3. The molecule has 0 saturated carbocycles. The molecule has 0 radical (unpaired) electrons. The van der Waals surface area contributed by atoms with Crippen molar-refractivity contribution in [3.8, 4) is 0 Å². The second-order valence-corrected chi connectivity index (χ2v) is 6.15. The molecule has 8 heteroatoms. The normalized spacial score (nSPS) is 23.5. The van der Waals surface area contributed by atoms with Crippen molar-refractivity contribution in [3.05, 3.63) is 82.2 Å². The number of benzene rings is 2. The van der Waals surface area contributed by atoms with Gasteiger partial charge in [-0.1, -0.05) is 48.4 Å². The van der Waals surface area contributed by atoms with E-state index in [0.717, 1.165) is 0 Å². The van der Waals surface area contributed by atoms with Crippen LogP contribution in [0.1, 0.15) is 34.1 Å². The smallest absolute Gasteiger partial charge is 0.338 e. The molecule has 0 bridgehead atoms. The number of carbonyl (C=O) groups is 2. The van der Waals surface area contributed by atoms with Gasteiger partial charge in [0.25, 0.3) is 0 Å². The summed E-state index contributed by atoms with van der Waals surface area (Å²) >= 11 is 0.